The van der Waals surface area contributed by atoms with Crippen LogP contribution in [0.1, 0.15) is 5.69 Å². The Labute approximate surface area is 79.7 Å². The SMILES string of the molecule is Cc1cc(-c2[nH]nc(N)c2F)nn1C. The normalized spacial score (nSPS) is 10.8. The van der Waals surface area contributed by atoms with Gasteiger partial charge in [0.15, 0.2) is 11.6 Å². The molecule has 0 spiro atoms. The Morgan fingerprint density at radius 3 is 2.71 bits per heavy atom. The van der Waals surface area contributed by atoms with Crippen LogP contribution in [0.15, 0.2) is 6.07 Å². The number of nitrogens with one attached hydrogen (secondary N) is 1. The van der Waals surface area contributed by atoms with Crippen LogP contribution in [0, 0.1) is 12.7 Å². The number of anilines is 1. The van der Waals surface area contributed by atoms with E-state index in [1.807, 2.05) is 6.92 Å². The molecule has 0 aliphatic carbocycles. The van der Waals surface area contributed by atoms with E-state index in [1.165, 1.54) is 0 Å². The molecule has 5 nitrogen and oxygen atoms in total. The van der Waals surface area contributed by atoms with Gasteiger partial charge in [-0.2, -0.15) is 10.2 Å². The van der Waals surface area contributed by atoms with Crippen molar-refractivity contribution in [3.05, 3.63) is 17.6 Å². The molecule has 2 aromatic rings. The molecule has 2 heterocycles. The van der Waals surface area contributed by atoms with E-state index >= 15 is 0 Å². The lowest BCUT2D eigenvalue weighted by molar-refractivity contribution is 0.635. The van der Waals surface area contributed by atoms with Crippen LogP contribution in [0.25, 0.3) is 11.4 Å². The highest BCUT2D eigenvalue weighted by molar-refractivity contribution is 5.59. The van der Waals surface area contributed by atoms with Crippen LogP contribution in [-0.2, 0) is 7.05 Å². The zero-order valence-electron chi connectivity index (χ0n) is 7.87. The molecule has 14 heavy (non-hydrogen) atoms. The van der Waals surface area contributed by atoms with Gasteiger partial charge in [-0.25, -0.2) is 4.39 Å². The maximum Gasteiger partial charge on any atom is 0.194 e. The molecular weight excluding hydrogens is 185 g/mol. The second-order valence-electron chi connectivity index (χ2n) is 3.09. The average molecular weight is 195 g/mol. The number of rotatable bonds is 1. The summed E-state index contributed by atoms with van der Waals surface area (Å²) >= 11 is 0. The van der Waals surface area contributed by atoms with E-state index in [4.69, 9.17) is 5.73 Å². The van der Waals surface area contributed by atoms with Crippen molar-refractivity contribution in [3.8, 4) is 11.4 Å². The predicted molar refractivity (Wildman–Crippen MR) is 49.9 cm³/mol. The van der Waals surface area contributed by atoms with Crippen LogP contribution in [0.5, 0.6) is 0 Å². The predicted octanol–water partition coefficient (Wildman–Crippen LogP) is 0.840. The molecule has 74 valence electrons. The van der Waals surface area contributed by atoms with Crippen molar-refractivity contribution in [2.75, 3.05) is 5.73 Å². The van der Waals surface area contributed by atoms with Gasteiger partial charge in [0.1, 0.15) is 11.4 Å². The molecule has 0 aliphatic heterocycles. The van der Waals surface area contributed by atoms with E-state index < -0.39 is 5.82 Å². The van der Waals surface area contributed by atoms with Crippen LogP contribution in [-0.4, -0.2) is 20.0 Å². The van der Waals surface area contributed by atoms with Gasteiger partial charge in [-0.1, -0.05) is 0 Å². The first-order valence-electron chi connectivity index (χ1n) is 4.10. The third kappa shape index (κ3) is 1.15. The molecular formula is C8H10FN5. The molecule has 6 heteroatoms. The zero-order chi connectivity index (χ0) is 10.3. The second-order valence-corrected chi connectivity index (χ2v) is 3.09. The van der Waals surface area contributed by atoms with Gasteiger partial charge >= 0.3 is 0 Å². The highest BCUT2D eigenvalue weighted by atomic mass is 19.1. The van der Waals surface area contributed by atoms with E-state index in [1.54, 1.807) is 17.8 Å². The molecule has 0 fully saturated rings. The molecule has 0 saturated carbocycles. The zero-order valence-corrected chi connectivity index (χ0v) is 7.87. The van der Waals surface area contributed by atoms with E-state index in [2.05, 4.69) is 15.3 Å². The number of nitrogen functional groups attached to an aromatic ring is 1. The third-order valence-electron chi connectivity index (χ3n) is 2.10. The summed E-state index contributed by atoms with van der Waals surface area (Å²) in [5.41, 5.74) is 6.94. The molecule has 0 bridgehead atoms. The molecule has 0 unspecified atom stereocenters. The van der Waals surface area contributed by atoms with Crippen LogP contribution in [0.2, 0.25) is 0 Å². The van der Waals surface area contributed by atoms with Gasteiger partial charge in [-0.05, 0) is 13.0 Å². The summed E-state index contributed by atoms with van der Waals surface area (Å²) in [6, 6.07) is 1.76. The first kappa shape index (κ1) is 8.74. The summed E-state index contributed by atoms with van der Waals surface area (Å²) in [5.74, 6) is -0.689. The maximum absolute atomic E-state index is 13.3. The maximum atomic E-state index is 13.3. The number of aromatic nitrogens is 4. The highest BCUT2D eigenvalue weighted by Crippen LogP contribution is 2.22. The van der Waals surface area contributed by atoms with Gasteiger partial charge in [-0.15, -0.1) is 0 Å². The summed E-state index contributed by atoms with van der Waals surface area (Å²) in [5, 5.41) is 10.2. The standard InChI is InChI=1S/C8H10FN5/c1-4-3-5(13-14(4)2)7-6(9)8(10)12-11-7/h3H,1-2H3,(H3,10,11,12). The summed E-state index contributed by atoms with van der Waals surface area (Å²) < 4.78 is 15.0. The fraction of sp³-hybridized carbons (Fsp3) is 0.250. The fourth-order valence-electron chi connectivity index (χ4n) is 1.19. The third-order valence-corrected chi connectivity index (χ3v) is 2.10. The number of aryl methyl sites for hydroxylation is 2. The number of nitrogens with zero attached hydrogens (tertiary/aromatic N) is 3. The number of aromatic amines is 1. The van der Waals surface area contributed by atoms with Crippen molar-refractivity contribution in [3.63, 3.8) is 0 Å². The minimum Gasteiger partial charge on any atom is -0.380 e. The molecule has 0 saturated heterocycles. The van der Waals surface area contributed by atoms with Crippen LogP contribution in [0.3, 0.4) is 0 Å². The summed E-state index contributed by atoms with van der Waals surface area (Å²) in [6.07, 6.45) is 0. The number of halogens is 1. The summed E-state index contributed by atoms with van der Waals surface area (Å²) in [7, 11) is 1.79. The van der Waals surface area contributed by atoms with Gasteiger partial charge in [-0.3, -0.25) is 9.78 Å². The first-order chi connectivity index (χ1) is 6.59. The Bertz CT molecular complexity index is 451. The Morgan fingerprint density at radius 2 is 2.29 bits per heavy atom. The summed E-state index contributed by atoms with van der Waals surface area (Å²) in [6.45, 7) is 1.88. The minimum atomic E-state index is -0.553. The fourth-order valence-corrected chi connectivity index (χ4v) is 1.19. The largest absolute Gasteiger partial charge is 0.380 e. The summed E-state index contributed by atoms with van der Waals surface area (Å²) in [4.78, 5) is 0. The molecule has 0 amide bonds. The van der Waals surface area contributed by atoms with Crippen LogP contribution in [0.4, 0.5) is 10.2 Å². The average Bonchev–Trinajstić information content (AvgIpc) is 2.61. The molecule has 0 atom stereocenters. The molecule has 0 radical (unpaired) electrons. The van der Waals surface area contributed by atoms with Crippen molar-refractivity contribution in [2.24, 2.45) is 7.05 Å². The van der Waals surface area contributed by atoms with Crippen molar-refractivity contribution < 1.29 is 4.39 Å². The number of hydrogen-bond acceptors (Lipinski definition) is 3. The van der Waals surface area contributed by atoms with Gasteiger partial charge in [0, 0.05) is 12.7 Å². The van der Waals surface area contributed by atoms with E-state index in [-0.39, 0.29) is 11.5 Å². The van der Waals surface area contributed by atoms with Gasteiger partial charge in [0.25, 0.3) is 0 Å². The first-order valence-corrected chi connectivity index (χ1v) is 4.10. The Hall–Kier alpha value is -1.85. The monoisotopic (exact) mass is 195 g/mol. The molecule has 3 N–H and O–H groups in total. The second kappa shape index (κ2) is 2.83. The minimum absolute atomic E-state index is 0.136. The lowest BCUT2D eigenvalue weighted by Gasteiger charge is -1.90. The lowest BCUT2D eigenvalue weighted by Crippen LogP contribution is -1.93. The molecule has 2 rings (SSSR count). The Balaban J connectivity index is 2.54. The van der Waals surface area contributed by atoms with Crippen molar-refractivity contribution in [1.29, 1.82) is 0 Å². The van der Waals surface area contributed by atoms with E-state index in [0.717, 1.165) is 5.69 Å². The Kier molecular flexibility index (Phi) is 1.77. The van der Waals surface area contributed by atoms with E-state index in [9.17, 15) is 4.39 Å². The number of H-pyrrole nitrogens is 1. The molecule has 0 aliphatic rings. The van der Waals surface area contributed by atoms with Crippen molar-refractivity contribution in [1.82, 2.24) is 20.0 Å². The topological polar surface area (TPSA) is 72.5 Å². The highest BCUT2D eigenvalue weighted by Gasteiger charge is 2.14. The van der Waals surface area contributed by atoms with E-state index in [0.29, 0.717) is 5.69 Å². The van der Waals surface area contributed by atoms with Crippen molar-refractivity contribution >= 4 is 5.82 Å². The molecule has 0 aromatic carbocycles. The van der Waals surface area contributed by atoms with Gasteiger partial charge in [0.2, 0.25) is 0 Å². The quantitative estimate of drug-likeness (QED) is 0.708. The number of hydrogen-bond donors (Lipinski definition) is 2. The lowest BCUT2D eigenvalue weighted by atomic mass is 10.3. The van der Waals surface area contributed by atoms with Crippen LogP contribution < -0.4 is 5.73 Å². The van der Waals surface area contributed by atoms with Gasteiger partial charge < -0.3 is 5.73 Å². The number of nitrogens with two attached hydrogens (primary N) is 1. The van der Waals surface area contributed by atoms with Gasteiger partial charge in [0.05, 0.1) is 0 Å². The van der Waals surface area contributed by atoms with Crippen molar-refractivity contribution in [2.45, 2.75) is 6.92 Å². The Morgan fingerprint density at radius 1 is 1.57 bits per heavy atom. The van der Waals surface area contributed by atoms with Crippen LogP contribution >= 0.6 is 0 Å². The molecule has 2 aromatic heterocycles. The smallest absolute Gasteiger partial charge is 0.194 e.